The van der Waals surface area contributed by atoms with Crippen LogP contribution in [0.5, 0.6) is 0 Å². The number of aryl methyl sites for hydroxylation is 1. The van der Waals surface area contributed by atoms with Crippen molar-refractivity contribution in [1.29, 1.82) is 5.26 Å². The van der Waals surface area contributed by atoms with Crippen LogP contribution in [0.15, 0.2) is 36.4 Å². The Bertz CT molecular complexity index is 538. The van der Waals surface area contributed by atoms with Gasteiger partial charge in [-0.2, -0.15) is 5.26 Å². The molecule has 0 amide bonds. The number of hydrogen-bond acceptors (Lipinski definition) is 2. The van der Waals surface area contributed by atoms with Crippen molar-refractivity contribution in [3.8, 4) is 6.07 Å². The van der Waals surface area contributed by atoms with E-state index in [2.05, 4.69) is 54.7 Å². The zero-order chi connectivity index (χ0) is 11.4. The quantitative estimate of drug-likeness (QED) is 0.624. The summed E-state index contributed by atoms with van der Waals surface area (Å²) in [4.78, 5) is 0. The molecule has 1 N–H and O–H groups in total. The molecule has 2 aromatic rings. The summed E-state index contributed by atoms with van der Waals surface area (Å²) in [5, 5.41) is 14.0. The number of nitrogens with zero attached hydrogens (tertiary/aromatic N) is 1. The molecule has 80 valence electrons. The van der Waals surface area contributed by atoms with Crippen molar-refractivity contribution in [2.45, 2.75) is 13.5 Å². The second kappa shape index (κ2) is 4.78. The Kier molecular flexibility index (Phi) is 3.19. The van der Waals surface area contributed by atoms with E-state index in [1.165, 1.54) is 21.9 Å². The van der Waals surface area contributed by atoms with E-state index in [9.17, 15) is 0 Å². The van der Waals surface area contributed by atoms with Crippen molar-refractivity contribution in [1.82, 2.24) is 5.32 Å². The molecule has 0 fully saturated rings. The van der Waals surface area contributed by atoms with Crippen molar-refractivity contribution in [2.24, 2.45) is 0 Å². The van der Waals surface area contributed by atoms with Gasteiger partial charge in [-0.1, -0.05) is 35.9 Å². The van der Waals surface area contributed by atoms with E-state index < -0.39 is 0 Å². The van der Waals surface area contributed by atoms with Gasteiger partial charge in [0.15, 0.2) is 0 Å². The van der Waals surface area contributed by atoms with Gasteiger partial charge in [0.05, 0.1) is 12.6 Å². The normalized spacial score (nSPS) is 10.2. The molecule has 16 heavy (non-hydrogen) atoms. The maximum Gasteiger partial charge on any atom is 0.0843 e. The van der Waals surface area contributed by atoms with Crippen LogP contribution in [0, 0.1) is 18.3 Å². The number of hydrogen-bond donors (Lipinski definition) is 1. The third kappa shape index (κ3) is 2.39. The summed E-state index contributed by atoms with van der Waals surface area (Å²) in [5.74, 6) is 0. The van der Waals surface area contributed by atoms with Gasteiger partial charge in [-0.25, -0.2) is 0 Å². The molecule has 0 bridgehead atoms. The monoisotopic (exact) mass is 210 g/mol. The third-order valence-corrected chi connectivity index (χ3v) is 2.59. The van der Waals surface area contributed by atoms with Crippen LogP contribution in [0.25, 0.3) is 10.8 Å². The van der Waals surface area contributed by atoms with Crippen LogP contribution in [0.4, 0.5) is 0 Å². The standard InChI is InChI=1S/C14H14N2/c1-11-2-4-14-9-12(10-16-7-6-15)3-5-13(14)8-11/h2-5,8-9,16H,7,10H2,1H3. The molecule has 0 aliphatic heterocycles. The summed E-state index contributed by atoms with van der Waals surface area (Å²) in [6.45, 7) is 3.24. The van der Waals surface area contributed by atoms with E-state index in [4.69, 9.17) is 5.26 Å². The first kappa shape index (κ1) is 10.7. The lowest BCUT2D eigenvalue weighted by Gasteiger charge is -2.04. The topological polar surface area (TPSA) is 35.8 Å². The number of nitriles is 1. The minimum absolute atomic E-state index is 0.395. The number of rotatable bonds is 3. The molecule has 0 saturated heterocycles. The van der Waals surface area contributed by atoms with Gasteiger partial charge < -0.3 is 5.32 Å². The SMILES string of the molecule is Cc1ccc2cc(CNCC#N)ccc2c1. The van der Waals surface area contributed by atoms with E-state index in [0.29, 0.717) is 6.54 Å². The van der Waals surface area contributed by atoms with Crippen molar-refractivity contribution < 1.29 is 0 Å². The first-order valence-corrected chi connectivity index (χ1v) is 5.36. The lowest BCUT2D eigenvalue weighted by atomic mass is 10.0. The van der Waals surface area contributed by atoms with Gasteiger partial charge in [0.2, 0.25) is 0 Å². The first-order valence-electron chi connectivity index (χ1n) is 5.36. The summed E-state index contributed by atoms with van der Waals surface area (Å²) in [7, 11) is 0. The third-order valence-electron chi connectivity index (χ3n) is 2.59. The van der Waals surface area contributed by atoms with Crippen LogP contribution in [0.1, 0.15) is 11.1 Å². The average Bonchev–Trinajstić information content (AvgIpc) is 2.29. The second-order valence-electron chi connectivity index (χ2n) is 3.95. The molecule has 0 aromatic heterocycles. The van der Waals surface area contributed by atoms with Gasteiger partial charge in [-0.3, -0.25) is 0 Å². The summed E-state index contributed by atoms with van der Waals surface area (Å²) in [6.07, 6.45) is 0. The zero-order valence-corrected chi connectivity index (χ0v) is 9.33. The van der Waals surface area contributed by atoms with Gasteiger partial charge in [-0.05, 0) is 29.3 Å². The number of nitrogens with one attached hydrogen (secondary N) is 1. The lowest BCUT2D eigenvalue weighted by Crippen LogP contribution is -2.12. The molecule has 0 aliphatic rings. The summed E-state index contributed by atoms with van der Waals surface area (Å²) in [5.41, 5.74) is 2.49. The summed E-state index contributed by atoms with van der Waals surface area (Å²) in [6, 6.07) is 14.9. The molecular weight excluding hydrogens is 196 g/mol. The van der Waals surface area contributed by atoms with Crippen LogP contribution in [-0.2, 0) is 6.54 Å². The molecule has 2 heteroatoms. The molecule has 0 radical (unpaired) electrons. The minimum atomic E-state index is 0.395. The van der Waals surface area contributed by atoms with Gasteiger partial charge in [0, 0.05) is 6.54 Å². The second-order valence-corrected chi connectivity index (χ2v) is 3.95. The molecule has 0 saturated carbocycles. The summed E-state index contributed by atoms with van der Waals surface area (Å²) >= 11 is 0. The Morgan fingerprint density at radius 2 is 1.88 bits per heavy atom. The van der Waals surface area contributed by atoms with Crippen molar-refractivity contribution >= 4 is 10.8 Å². The molecule has 2 nitrogen and oxygen atoms in total. The molecule has 0 atom stereocenters. The van der Waals surface area contributed by atoms with Crippen LogP contribution in [0.3, 0.4) is 0 Å². The first-order chi connectivity index (χ1) is 7.79. The molecule has 0 unspecified atom stereocenters. The van der Waals surface area contributed by atoms with E-state index in [1.54, 1.807) is 0 Å². The smallest absolute Gasteiger partial charge is 0.0843 e. The Balaban J connectivity index is 2.24. The Hall–Kier alpha value is -1.85. The van der Waals surface area contributed by atoms with Crippen LogP contribution >= 0.6 is 0 Å². The summed E-state index contributed by atoms with van der Waals surface area (Å²) < 4.78 is 0. The van der Waals surface area contributed by atoms with Gasteiger partial charge in [0.25, 0.3) is 0 Å². The Morgan fingerprint density at radius 3 is 2.69 bits per heavy atom. The predicted molar refractivity (Wildman–Crippen MR) is 66.0 cm³/mol. The van der Waals surface area contributed by atoms with E-state index in [1.807, 2.05) is 0 Å². The zero-order valence-electron chi connectivity index (χ0n) is 9.33. The fourth-order valence-electron chi connectivity index (χ4n) is 1.79. The van der Waals surface area contributed by atoms with E-state index in [0.717, 1.165) is 6.54 Å². The van der Waals surface area contributed by atoms with Crippen LogP contribution in [-0.4, -0.2) is 6.54 Å². The average molecular weight is 210 g/mol. The number of fused-ring (bicyclic) bond motifs is 1. The minimum Gasteiger partial charge on any atom is -0.300 e. The molecular formula is C14H14N2. The highest BCUT2D eigenvalue weighted by atomic mass is 14.8. The molecule has 2 rings (SSSR count). The molecule has 2 aromatic carbocycles. The maximum atomic E-state index is 8.43. The highest BCUT2D eigenvalue weighted by Gasteiger charge is 1.96. The number of benzene rings is 2. The highest BCUT2D eigenvalue weighted by molar-refractivity contribution is 5.83. The van der Waals surface area contributed by atoms with Gasteiger partial charge in [-0.15, -0.1) is 0 Å². The van der Waals surface area contributed by atoms with Crippen molar-refractivity contribution in [2.75, 3.05) is 6.54 Å². The predicted octanol–water partition coefficient (Wildman–Crippen LogP) is 2.76. The molecule has 0 spiro atoms. The Morgan fingerprint density at radius 1 is 1.12 bits per heavy atom. The van der Waals surface area contributed by atoms with Crippen molar-refractivity contribution in [3.05, 3.63) is 47.5 Å². The van der Waals surface area contributed by atoms with Crippen molar-refractivity contribution in [3.63, 3.8) is 0 Å². The maximum absolute atomic E-state index is 8.43. The molecule has 0 aliphatic carbocycles. The fraction of sp³-hybridized carbons (Fsp3) is 0.214. The van der Waals surface area contributed by atoms with Crippen LogP contribution in [0.2, 0.25) is 0 Å². The van der Waals surface area contributed by atoms with Gasteiger partial charge in [0.1, 0.15) is 0 Å². The van der Waals surface area contributed by atoms with E-state index >= 15 is 0 Å². The fourth-order valence-corrected chi connectivity index (χ4v) is 1.79. The van der Waals surface area contributed by atoms with E-state index in [-0.39, 0.29) is 0 Å². The lowest BCUT2D eigenvalue weighted by molar-refractivity contribution is 0.766. The van der Waals surface area contributed by atoms with Crippen LogP contribution < -0.4 is 5.32 Å². The Labute approximate surface area is 95.5 Å². The highest BCUT2D eigenvalue weighted by Crippen LogP contribution is 2.17. The van der Waals surface area contributed by atoms with Gasteiger partial charge >= 0.3 is 0 Å². The largest absolute Gasteiger partial charge is 0.300 e. The molecule has 0 heterocycles.